The Morgan fingerprint density at radius 3 is 2.63 bits per heavy atom. The molecule has 0 heterocycles. The van der Waals surface area contributed by atoms with Crippen molar-refractivity contribution in [2.75, 3.05) is 0 Å². The Balaban J connectivity index is 2.05. The van der Waals surface area contributed by atoms with E-state index in [1.165, 1.54) is 12.5 Å². The van der Waals surface area contributed by atoms with E-state index in [0.29, 0.717) is 11.3 Å². The Labute approximate surface area is 121 Å². The van der Waals surface area contributed by atoms with Crippen LogP contribution in [0.5, 0.6) is 0 Å². The highest BCUT2D eigenvalue weighted by Crippen LogP contribution is 2.43. The minimum atomic E-state index is -0.146. The van der Waals surface area contributed by atoms with Gasteiger partial charge in [0.2, 0.25) is 0 Å². The number of halogens is 2. The first-order chi connectivity index (χ1) is 8.86. The molecule has 3 atom stereocenters. The van der Waals surface area contributed by atoms with Crippen LogP contribution < -0.4 is 0 Å². The predicted octanol–water partition coefficient (Wildman–Crippen LogP) is 5.44. The van der Waals surface area contributed by atoms with Gasteiger partial charge in [0, 0.05) is 5.38 Å². The van der Waals surface area contributed by atoms with E-state index >= 15 is 0 Å². The average molecular weight is 283 g/mol. The quantitative estimate of drug-likeness (QED) is 0.634. The summed E-state index contributed by atoms with van der Waals surface area (Å²) in [7, 11) is 0. The minimum Gasteiger partial charge on any atom is -0.207 e. The Morgan fingerprint density at radius 1 is 1.26 bits per heavy atom. The van der Waals surface area contributed by atoms with Crippen molar-refractivity contribution in [2.45, 2.75) is 51.8 Å². The standard InChI is InChI=1S/C17H24ClF/c1-17(2,3)14-7-8-16(18)13(11-14)9-12-5-4-6-15(19)10-12/h4-6,10,13-14,16H,7-9,11H2,1-3H3. The van der Waals surface area contributed by atoms with Crippen LogP contribution in [0.4, 0.5) is 4.39 Å². The lowest BCUT2D eigenvalue weighted by atomic mass is 9.68. The van der Waals surface area contributed by atoms with Crippen LogP contribution in [0.15, 0.2) is 24.3 Å². The minimum absolute atomic E-state index is 0.146. The van der Waals surface area contributed by atoms with E-state index in [2.05, 4.69) is 20.8 Å². The van der Waals surface area contributed by atoms with Crippen LogP contribution in [0, 0.1) is 23.1 Å². The normalized spacial score (nSPS) is 28.4. The first kappa shape index (κ1) is 14.8. The molecule has 0 N–H and O–H groups in total. The van der Waals surface area contributed by atoms with E-state index in [1.54, 1.807) is 12.1 Å². The molecule has 0 amide bonds. The molecule has 106 valence electrons. The van der Waals surface area contributed by atoms with Crippen molar-refractivity contribution in [1.82, 2.24) is 0 Å². The second-order valence-electron chi connectivity index (χ2n) is 6.99. The molecular weight excluding hydrogens is 259 g/mol. The molecule has 2 heteroatoms. The number of alkyl halides is 1. The molecule has 1 saturated carbocycles. The highest BCUT2D eigenvalue weighted by atomic mass is 35.5. The predicted molar refractivity (Wildman–Crippen MR) is 80.0 cm³/mol. The fraction of sp³-hybridized carbons (Fsp3) is 0.647. The van der Waals surface area contributed by atoms with E-state index in [-0.39, 0.29) is 11.2 Å². The molecule has 0 radical (unpaired) electrons. The summed E-state index contributed by atoms with van der Waals surface area (Å²) >= 11 is 6.49. The van der Waals surface area contributed by atoms with Gasteiger partial charge < -0.3 is 0 Å². The summed E-state index contributed by atoms with van der Waals surface area (Å²) in [6.07, 6.45) is 4.37. The lowest BCUT2D eigenvalue weighted by Crippen LogP contribution is -2.33. The van der Waals surface area contributed by atoms with E-state index < -0.39 is 0 Å². The summed E-state index contributed by atoms with van der Waals surface area (Å²) in [5.74, 6) is 1.05. The molecule has 0 saturated heterocycles. The second kappa shape index (κ2) is 5.83. The van der Waals surface area contributed by atoms with Crippen molar-refractivity contribution in [3.63, 3.8) is 0 Å². The Kier molecular flexibility index (Phi) is 4.55. The topological polar surface area (TPSA) is 0 Å². The van der Waals surface area contributed by atoms with Crippen LogP contribution in [-0.2, 0) is 6.42 Å². The highest BCUT2D eigenvalue weighted by molar-refractivity contribution is 6.20. The van der Waals surface area contributed by atoms with Crippen molar-refractivity contribution >= 4 is 11.6 Å². The average Bonchev–Trinajstić information content (AvgIpc) is 2.30. The largest absolute Gasteiger partial charge is 0.207 e. The molecule has 0 aromatic heterocycles. The zero-order chi connectivity index (χ0) is 14.0. The van der Waals surface area contributed by atoms with Gasteiger partial charge in [0.25, 0.3) is 0 Å². The van der Waals surface area contributed by atoms with Crippen LogP contribution in [0.1, 0.15) is 45.6 Å². The van der Waals surface area contributed by atoms with Gasteiger partial charge in [0.15, 0.2) is 0 Å². The van der Waals surface area contributed by atoms with Gasteiger partial charge in [-0.3, -0.25) is 0 Å². The van der Waals surface area contributed by atoms with Gasteiger partial charge >= 0.3 is 0 Å². The Hall–Kier alpha value is -0.560. The van der Waals surface area contributed by atoms with Crippen LogP contribution in [0.3, 0.4) is 0 Å². The maximum Gasteiger partial charge on any atom is 0.123 e. The van der Waals surface area contributed by atoms with E-state index in [4.69, 9.17) is 11.6 Å². The van der Waals surface area contributed by atoms with Crippen LogP contribution in [-0.4, -0.2) is 5.38 Å². The number of benzene rings is 1. The number of hydrogen-bond donors (Lipinski definition) is 0. The second-order valence-corrected chi connectivity index (χ2v) is 7.55. The van der Waals surface area contributed by atoms with Gasteiger partial charge in [-0.2, -0.15) is 0 Å². The van der Waals surface area contributed by atoms with Crippen molar-refractivity contribution in [3.05, 3.63) is 35.6 Å². The van der Waals surface area contributed by atoms with Crippen LogP contribution >= 0.6 is 11.6 Å². The number of hydrogen-bond acceptors (Lipinski definition) is 0. The molecule has 19 heavy (non-hydrogen) atoms. The van der Waals surface area contributed by atoms with Gasteiger partial charge in [-0.1, -0.05) is 32.9 Å². The Morgan fingerprint density at radius 2 is 2.00 bits per heavy atom. The van der Waals surface area contributed by atoms with Gasteiger partial charge in [0.05, 0.1) is 0 Å². The first-order valence-electron chi connectivity index (χ1n) is 7.25. The van der Waals surface area contributed by atoms with Gasteiger partial charge in [-0.15, -0.1) is 11.6 Å². The molecule has 1 aromatic rings. The lowest BCUT2D eigenvalue weighted by molar-refractivity contribution is 0.144. The van der Waals surface area contributed by atoms with Crippen LogP contribution in [0.25, 0.3) is 0 Å². The van der Waals surface area contributed by atoms with E-state index in [0.717, 1.165) is 30.7 Å². The SMILES string of the molecule is CC(C)(C)C1CCC(Cl)C(Cc2cccc(F)c2)C1. The molecule has 3 unspecified atom stereocenters. The highest BCUT2D eigenvalue weighted by Gasteiger charge is 2.34. The summed E-state index contributed by atoms with van der Waals surface area (Å²) in [5.41, 5.74) is 1.42. The zero-order valence-corrected chi connectivity index (χ0v) is 12.9. The summed E-state index contributed by atoms with van der Waals surface area (Å²) in [5, 5.41) is 0.238. The summed E-state index contributed by atoms with van der Waals surface area (Å²) in [4.78, 5) is 0. The molecule has 1 aliphatic carbocycles. The summed E-state index contributed by atoms with van der Waals surface area (Å²) in [6, 6.07) is 6.94. The zero-order valence-electron chi connectivity index (χ0n) is 12.1. The molecule has 2 rings (SSSR count). The number of rotatable bonds is 2. The summed E-state index contributed by atoms with van der Waals surface area (Å²) < 4.78 is 13.3. The van der Waals surface area contributed by atoms with Gasteiger partial charge in [-0.25, -0.2) is 4.39 Å². The third-order valence-corrected chi connectivity index (χ3v) is 5.08. The lowest BCUT2D eigenvalue weighted by Gasteiger charge is -2.40. The fourth-order valence-electron chi connectivity index (χ4n) is 3.19. The molecule has 0 spiro atoms. The van der Waals surface area contributed by atoms with Crippen molar-refractivity contribution in [3.8, 4) is 0 Å². The fourth-order valence-corrected chi connectivity index (χ4v) is 3.51. The van der Waals surface area contributed by atoms with Crippen molar-refractivity contribution in [2.24, 2.45) is 17.3 Å². The smallest absolute Gasteiger partial charge is 0.123 e. The monoisotopic (exact) mass is 282 g/mol. The molecule has 1 aromatic carbocycles. The molecule has 0 nitrogen and oxygen atoms in total. The molecule has 0 bridgehead atoms. The van der Waals surface area contributed by atoms with E-state index in [9.17, 15) is 4.39 Å². The molecule has 1 fully saturated rings. The first-order valence-corrected chi connectivity index (χ1v) is 7.68. The van der Waals surface area contributed by atoms with E-state index in [1.807, 2.05) is 6.07 Å². The van der Waals surface area contributed by atoms with Crippen molar-refractivity contribution in [1.29, 1.82) is 0 Å². The molecule has 0 aliphatic heterocycles. The van der Waals surface area contributed by atoms with Gasteiger partial charge in [-0.05, 0) is 60.6 Å². The molecule has 1 aliphatic rings. The maximum absolute atomic E-state index is 13.3. The van der Waals surface area contributed by atoms with Crippen molar-refractivity contribution < 1.29 is 4.39 Å². The molecular formula is C17H24ClF. The third-order valence-electron chi connectivity index (χ3n) is 4.50. The maximum atomic E-state index is 13.3. The summed E-state index contributed by atoms with van der Waals surface area (Å²) in [6.45, 7) is 6.93. The van der Waals surface area contributed by atoms with Gasteiger partial charge in [0.1, 0.15) is 5.82 Å². The Bertz CT molecular complexity index is 422. The third kappa shape index (κ3) is 3.95. The van der Waals surface area contributed by atoms with Crippen LogP contribution in [0.2, 0.25) is 0 Å².